The van der Waals surface area contributed by atoms with E-state index in [4.69, 9.17) is 5.73 Å². The SMILES string of the molecule is NC(=O)c1ccc(N2NC=NN2CC#CI)cc1. The Balaban J connectivity index is 2.15. The van der Waals surface area contributed by atoms with Gasteiger partial charge in [-0.15, -0.1) is 5.10 Å². The van der Waals surface area contributed by atoms with Gasteiger partial charge >= 0.3 is 0 Å². The maximum atomic E-state index is 11.0. The van der Waals surface area contributed by atoms with Crippen LogP contribution in [0, 0.1) is 9.85 Å². The molecule has 1 amide bonds. The van der Waals surface area contributed by atoms with Crippen molar-refractivity contribution in [3.05, 3.63) is 29.8 Å². The summed E-state index contributed by atoms with van der Waals surface area (Å²) in [5.74, 6) is 2.47. The molecular weight excluding hydrogens is 345 g/mol. The number of carbonyl (C=O) groups excluding carboxylic acids is 1. The van der Waals surface area contributed by atoms with Gasteiger partial charge < -0.3 is 5.73 Å². The van der Waals surface area contributed by atoms with Crippen LogP contribution in [0.25, 0.3) is 0 Å². The van der Waals surface area contributed by atoms with Crippen LogP contribution < -0.4 is 16.3 Å². The number of nitrogens with one attached hydrogen (secondary N) is 1. The summed E-state index contributed by atoms with van der Waals surface area (Å²) in [5, 5.41) is 7.51. The number of hydrogen-bond donors (Lipinski definition) is 2. The molecule has 0 bridgehead atoms. The van der Waals surface area contributed by atoms with Gasteiger partial charge in [0.2, 0.25) is 5.91 Å². The summed E-state index contributed by atoms with van der Waals surface area (Å²) in [6, 6.07) is 6.90. The van der Waals surface area contributed by atoms with Crippen molar-refractivity contribution in [1.82, 2.24) is 10.5 Å². The molecule has 92 valence electrons. The Hall–Kier alpha value is -1.95. The lowest BCUT2D eigenvalue weighted by Gasteiger charge is -2.26. The molecule has 0 aliphatic carbocycles. The van der Waals surface area contributed by atoms with Crippen LogP contribution >= 0.6 is 22.6 Å². The smallest absolute Gasteiger partial charge is 0.248 e. The predicted octanol–water partition coefficient (Wildman–Crippen LogP) is 0.666. The van der Waals surface area contributed by atoms with E-state index in [2.05, 4.69) is 20.4 Å². The number of hydrazone groups is 1. The topological polar surface area (TPSA) is 74.0 Å². The van der Waals surface area contributed by atoms with Gasteiger partial charge in [0.25, 0.3) is 0 Å². The number of anilines is 1. The van der Waals surface area contributed by atoms with Crippen molar-refractivity contribution < 1.29 is 4.79 Å². The second-order valence-corrected chi connectivity index (χ2v) is 3.94. The summed E-state index contributed by atoms with van der Waals surface area (Å²) in [4.78, 5) is 11.0. The van der Waals surface area contributed by atoms with Gasteiger partial charge in [-0.3, -0.25) is 10.2 Å². The Morgan fingerprint density at radius 3 is 2.78 bits per heavy atom. The second-order valence-electron chi connectivity index (χ2n) is 3.40. The van der Waals surface area contributed by atoms with Gasteiger partial charge in [0.05, 0.1) is 5.69 Å². The van der Waals surface area contributed by atoms with E-state index >= 15 is 0 Å². The van der Waals surface area contributed by atoms with E-state index in [9.17, 15) is 4.79 Å². The monoisotopic (exact) mass is 355 g/mol. The fourth-order valence-electron chi connectivity index (χ4n) is 1.45. The van der Waals surface area contributed by atoms with Crippen molar-refractivity contribution in [2.75, 3.05) is 11.7 Å². The van der Waals surface area contributed by atoms with Crippen LogP contribution in [0.5, 0.6) is 0 Å². The number of amides is 1. The van der Waals surface area contributed by atoms with Crippen molar-refractivity contribution in [3.8, 4) is 9.85 Å². The molecule has 0 spiro atoms. The third-order valence-corrected chi connectivity index (χ3v) is 2.67. The van der Waals surface area contributed by atoms with Crippen LogP contribution in [0.3, 0.4) is 0 Å². The summed E-state index contributed by atoms with van der Waals surface area (Å²) >= 11 is 1.98. The minimum Gasteiger partial charge on any atom is -0.366 e. The highest BCUT2D eigenvalue weighted by atomic mass is 127. The van der Waals surface area contributed by atoms with E-state index in [1.807, 2.05) is 22.6 Å². The Morgan fingerprint density at radius 1 is 1.44 bits per heavy atom. The van der Waals surface area contributed by atoms with E-state index in [1.54, 1.807) is 40.8 Å². The fourth-order valence-corrected chi connectivity index (χ4v) is 1.62. The summed E-state index contributed by atoms with van der Waals surface area (Å²) in [6.07, 6.45) is 1.57. The molecule has 18 heavy (non-hydrogen) atoms. The first-order valence-electron chi connectivity index (χ1n) is 5.07. The first-order valence-corrected chi connectivity index (χ1v) is 6.15. The molecule has 0 aromatic heterocycles. The molecule has 0 saturated heterocycles. The zero-order valence-corrected chi connectivity index (χ0v) is 11.5. The van der Waals surface area contributed by atoms with Crippen LogP contribution in [0.2, 0.25) is 0 Å². The maximum absolute atomic E-state index is 11.0. The average molecular weight is 355 g/mol. The molecule has 3 N–H and O–H groups in total. The maximum Gasteiger partial charge on any atom is 0.248 e. The summed E-state index contributed by atoms with van der Waals surface area (Å²) in [5.41, 5.74) is 9.46. The Kier molecular flexibility index (Phi) is 3.88. The molecule has 0 radical (unpaired) electrons. The van der Waals surface area contributed by atoms with E-state index in [0.29, 0.717) is 12.1 Å². The van der Waals surface area contributed by atoms with Gasteiger partial charge in [0, 0.05) is 28.2 Å². The average Bonchev–Trinajstić information content (AvgIpc) is 2.84. The van der Waals surface area contributed by atoms with Gasteiger partial charge in [-0.05, 0) is 28.2 Å². The minimum absolute atomic E-state index is 0.445. The molecule has 0 atom stereocenters. The van der Waals surface area contributed by atoms with Crippen LogP contribution in [-0.2, 0) is 0 Å². The third-order valence-electron chi connectivity index (χ3n) is 2.29. The highest BCUT2D eigenvalue weighted by Gasteiger charge is 2.17. The quantitative estimate of drug-likeness (QED) is 0.618. The highest BCUT2D eigenvalue weighted by molar-refractivity contribution is 14.1. The lowest BCUT2D eigenvalue weighted by atomic mass is 10.2. The zero-order chi connectivity index (χ0) is 13.0. The standard InChI is InChI=1S/C11H10IN5O/c12-6-1-7-16-14-8-15-17(16)10-4-2-9(3-5-10)11(13)18/h2-5,8H,7H2,(H2,13,18)(H,14,15). The number of benzene rings is 1. The van der Waals surface area contributed by atoms with Crippen LogP contribution in [-0.4, -0.2) is 23.9 Å². The highest BCUT2D eigenvalue weighted by Crippen LogP contribution is 2.17. The molecule has 1 aliphatic rings. The largest absolute Gasteiger partial charge is 0.366 e. The number of nitrogens with zero attached hydrogens (tertiary/aromatic N) is 3. The first-order chi connectivity index (χ1) is 8.72. The Bertz CT molecular complexity index is 531. The normalized spacial score (nSPS) is 12.9. The Morgan fingerprint density at radius 2 is 2.17 bits per heavy atom. The number of hydrogen-bond acceptors (Lipinski definition) is 5. The van der Waals surface area contributed by atoms with Crippen LogP contribution in [0.15, 0.2) is 29.4 Å². The van der Waals surface area contributed by atoms with Gasteiger partial charge in [-0.2, -0.15) is 10.2 Å². The van der Waals surface area contributed by atoms with E-state index < -0.39 is 5.91 Å². The molecule has 6 nitrogen and oxygen atoms in total. The molecular formula is C11H10IN5O. The fraction of sp³-hybridized carbons (Fsp3) is 0.0909. The van der Waals surface area contributed by atoms with Crippen LogP contribution in [0.1, 0.15) is 10.4 Å². The molecule has 0 unspecified atom stereocenters. The van der Waals surface area contributed by atoms with Gasteiger partial charge in [-0.1, -0.05) is 5.92 Å². The van der Waals surface area contributed by atoms with E-state index in [0.717, 1.165) is 5.69 Å². The number of halogens is 1. The van der Waals surface area contributed by atoms with E-state index in [-0.39, 0.29) is 0 Å². The number of hydrazine groups is 2. The van der Waals surface area contributed by atoms with Gasteiger partial charge in [0.15, 0.2) is 0 Å². The van der Waals surface area contributed by atoms with E-state index in [1.165, 1.54) is 0 Å². The summed E-state index contributed by atoms with van der Waals surface area (Å²) < 4.78 is 2.78. The second kappa shape index (κ2) is 5.59. The minimum atomic E-state index is -0.445. The lowest BCUT2D eigenvalue weighted by Crippen LogP contribution is -2.42. The summed E-state index contributed by atoms with van der Waals surface area (Å²) in [7, 11) is 0. The zero-order valence-electron chi connectivity index (χ0n) is 9.30. The van der Waals surface area contributed by atoms with Crippen LogP contribution in [0.4, 0.5) is 5.69 Å². The number of carbonyl (C=O) groups is 1. The summed E-state index contributed by atoms with van der Waals surface area (Å²) in [6.45, 7) is 0.476. The Labute approximate surface area is 118 Å². The molecule has 1 heterocycles. The van der Waals surface area contributed by atoms with Crippen molar-refractivity contribution >= 4 is 40.5 Å². The van der Waals surface area contributed by atoms with Crippen molar-refractivity contribution in [2.45, 2.75) is 0 Å². The number of rotatable bonds is 3. The number of primary amides is 1. The molecule has 0 saturated carbocycles. The number of nitrogens with two attached hydrogens (primary N) is 1. The van der Waals surface area contributed by atoms with Gasteiger partial charge in [-0.25, -0.2) is 0 Å². The third kappa shape index (κ3) is 2.65. The molecule has 2 rings (SSSR count). The van der Waals surface area contributed by atoms with Crippen molar-refractivity contribution in [3.63, 3.8) is 0 Å². The predicted molar refractivity (Wildman–Crippen MR) is 77.6 cm³/mol. The molecule has 1 aromatic carbocycles. The lowest BCUT2D eigenvalue weighted by molar-refractivity contribution is 0.100. The van der Waals surface area contributed by atoms with Gasteiger partial charge in [0.1, 0.15) is 12.9 Å². The molecule has 7 heteroatoms. The molecule has 1 aromatic rings. The van der Waals surface area contributed by atoms with Crippen molar-refractivity contribution in [1.29, 1.82) is 0 Å². The van der Waals surface area contributed by atoms with Crippen molar-refractivity contribution in [2.24, 2.45) is 10.8 Å². The molecule has 1 aliphatic heterocycles. The first kappa shape index (κ1) is 12.5. The molecule has 0 fully saturated rings.